The van der Waals surface area contributed by atoms with Crippen molar-refractivity contribution in [1.82, 2.24) is 15.2 Å². The second-order valence-electron chi connectivity index (χ2n) is 6.41. The average Bonchev–Trinajstić information content (AvgIpc) is 3.00. The molecule has 0 saturated carbocycles. The summed E-state index contributed by atoms with van der Waals surface area (Å²) in [6.07, 6.45) is 1.48. The van der Waals surface area contributed by atoms with Gasteiger partial charge in [0, 0.05) is 11.3 Å². The number of carbonyl (C=O) groups excluding carboxylic acids is 1. The van der Waals surface area contributed by atoms with E-state index in [4.69, 9.17) is 4.74 Å². The van der Waals surface area contributed by atoms with Gasteiger partial charge < -0.3 is 9.84 Å². The Labute approximate surface area is 163 Å². The number of carbonyl (C=O) groups is 1. The van der Waals surface area contributed by atoms with Crippen LogP contribution < -0.4 is 10.2 Å². The van der Waals surface area contributed by atoms with Crippen molar-refractivity contribution >= 4 is 12.1 Å². The molecule has 1 heterocycles. The van der Waals surface area contributed by atoms with Crippen molar-refractivity contribution in [3.63, 3.8) is 0 Å². The van der Waals surface area contributed by atoms with Crippen molar-refractivity contribution in [3.05, 3.63) is 76.6 Å². The van der Waals surface area contributed by atoms with Gasteiger partial charge in [0.2, 0.25) is 0 Å². The van der Waals surface area contributed by atoms with Crippen LogP contribution in [-0.4, -0.2) is 34.1 Å². The predicted molar refractivity (Wildman–Crippen MR) is 107 cm³/mol. The summed E-state index contributed by atoms with van der Waals surface area (Å²) in [5.74, 6) is 0.0809. The van der Waals surface area contributed by atoms with Gasteiger partial charge in [-0.3, -0.25) is 9.48 Å². The highest BCUT2D eigenvalue weighted by atomic mass is 16.5. The molecule has 7 nitrogen and oxygen atoms in total. The Hall–Kier alpha value is -3.61. The second kappa shape index (κ2) is 8.39. The number of hydrogen-bond acceptors (Lipinski definition) is 5. The lowest BCUT2D eigenvalue weighted by molar-refractivity contribution is 0.0955. The molecule has 7 heteroatoms. The third kappa shape index (κ3) is 4.56. The molecule has 0 aliphatic heterocycles. The molecule has 0 aliphatic rings. The maximum atomic E-state index is 12.2. The van der Waals surface area contributed by atoms with Crippen LogP contribution in [0.1, 0.15) is 32.9 Å². The second-order valence-corrected chi connectivity index (χ2v) is 6.41. The summed E-state index contributed by atoms with van der Waals surface area (Å²) >= 11 is 0. The molecule has 0 unspecified atom stereocenters. The lowest BCUT2D eigenvalue weighted by Crippen LogP contribution is -2.17. The molecule has 2 N–H and O–H groups in total. The van der Waals surface area contributed by atoms with E-state index in [1.807, 2.05) is 36.7 Å². The number of amides is 1. The number of aromatic hydroxyl groups is 1. The summed E-state index contributed by atoms with van der Waals surface area (Å²) in [6, 6.07) is 14.2. The smallest absolute Gasteiger partial charge is 0.271 e. The predicted octanol–water partition coefficient (Wildman–Crippen LogP) is 3.03. The number of nitrogens with zero attached hydrogens (tertiary/aromatic N) is 3. The minimum Gasteiger partial charge on any atom is -0.504 e. The van der Waals surface area contributed by atoms with Crippen LogP contribution in [0.4, 0.5) is 0 Å². The van der Waals surface area contributed by atoms with Gasteiger partial charge in [-0.05, 0) is 61.4 Å². The Kier molecular flexibility index (Phi) is 5.74. The lowest BCUT2D eigenvalue weighted by atomic mass is 10.1. The molecule has 1 amide bonds. The maximum absolute atomic E-state index is 12.2. The highest BCUT2D eigenvalue weighted by Crippen LogP contribution is 2.25. The number of benzene rings is 2. The van der Waals surface area contributed by atoms with Crippen LogP contribution in [0.5, 0.6) is 11.5 Å². The largest absolute Gasteiger partial charge is 0.504 e. The quantitative estimate of drug-likeness (QED) is 0.510. The Morgan fingerprint density at radius 2 is 1.96 bits per heavy atom. The highest BCUT2D eigenvalue weighted by molar-refractivity contribution is 5.94. The molecule has 2 aromatic carbocycles. The summed E-state index contributed by atoms with van der Waals surface area (Å²) in [6.45, 7) is 4.64. The zero-order valence-corrected chi connectivity index (χ0v) is 16.0. The lowest BCUT2D eigenvalue weighted by Gasteiger charge is -2.06. The number of rotatable bonds is 6. The Morgan fingerprint density at radius 1 is 1.21 bits per heavy atom. The minimum atomic E-state index is -0.306. The molecular weight excluding hydrogens is 356 g/mol. The molecule has 1 aromatic heterocycles. The van der Waals surface area contributed by atoms with Crippen LogP contribution in [0, 0.1) is 13.8 Å². The van der Waals surface area contributed by atoms with E-state index < -0.39 is 0 Å². The number of nitrogens with one attached hydrogen (secondary N) is 1. The number of aromatic nitrogens is 2. The van der Waals surface area contributed by atoms with E-state index in [-0.39, 0.29) is 11.7 Å². The number of hydrogen-bond donors (Lipinski definition) is 2. The Balaban J connectivity index is 1.61. The maximum Gasteiger partial charge on any atom is 0.271 e. The van der Waals surface area contributed by atoms with Crippen LogP contribution in [0.15, 0.2) is 53.6 Å². The molecule has 3 rings (SSSR count). The van der Waals surface area contributed by atoms with Crippen molar-refractivity contribution in [2.24, 2.45) is 5.10 Å². The molecular formula is C21H22N4O3. The fourth-order valence-electron chi connectivity index (χ4n) is 2.77. The van der Waals surface area contributed by atoms with Gasteiger partial charge in [0.05, 0.1) is 25.6 Å². The minimum absolute atomic E-state index is 0.0456. The third-order valence-electron chi connectivity index (χ3n) is 4.24. The zero-order chi connectivity index (χ0) is 20.1. The summed E-state index contributed by atoms with van der Waals surface area (Å²) < 4.78 is 6.97. The van der Waals surface area contributed by atoms with Gasteiger partial charge in [0.15, 0.2) is 11.5 Å². The van der Waals surface area contributed by atoms with E-state index in [0.717, 1.165) is 17.0 Å². The number of phenols is 1. The monoisotopic (exact) mass is 378 g/mol. The van der Waals surface area contributed by atoms with Crippen LogP contribution in [0.25, 0.3) is 0 Å². The van der Waals surface area contributed by atoms with Gasteiger partial charge in [-0.15, -0.1) is 0 Å². The van der Waals surface area contributed by atoms with E-state index in [9.17, 15) is 9.90 Å². The molecule has 0 fully saturated rings. The van der Waals surface area contributed by atoms with Gasteiger partial charge in [-0.1, -0.05) is 12.1 Å². The van der Waals surface area contributed by atoms with Crippen LogP contribution in [-0.2, 0) is 6.54 Å². The highest BCUT2D eigenvalue weighted by Gasteiger charge is 2.06. The molecule has 144 valence electrons. The zero-order valence-electron chi connectivity index (χ0n) is 16.0. The molecule has 0 spiro atoms. The summed E-state index contributed by atoms with van der Waals surface area (Å²) in [5, 5.41) is 18.0. The van der Waals surface area contributed by atoms with Crippen LogP contribution in [0.3, 0.4) is 0 Å². The molecule has 0 bridgehead atoms. The number of methoxy groups -OCH3 is 1. The number of ether oxygens (including phenoxy) is 1. The molecule has 0 saturated heterocycles. The summed E-state index contributed by atoms with van der Waals surface area (Å²) in [4.78, 5) is 12.2. The standard InChI is InChI=1S/C21H22N4O3/c1-14-10-15(2)25(24-14)13-16-4-7-18(8-5-16)21(27)23-22-12-17-6-9-19(26)20(11-17)28-3/h4-12,26H,13H2,1-3H3,(H,23,27)/b22-12+. The van der Waals surface area contributed by atoms with Crippen LogP contribution >= 0.6 is 0 Å². The van der Waals surface area contributed by atoms with Gasteiger partial charge >= 0.3 is 0 Å². The first-order valence-corrected chi connectivity index (χ1v) is 8.76. The van der Waals surface area contributed by atoms with Gasteiger partial charge in [0.25, 0.3) is 5.91 Å². The van der Waals surface area contributed by atoms with Crippen LogP contribution in [0.2, 0.25) is 0 Å². The third-order valence-corrected chi connectivity index (χ3v) is 4.24. The van der Waals surface area contributed by atoms with Crippen molar-refractivity contribution < 1.29 is 14.6 Å². The fraction of sp³-hybridized carbons (Fsp3) is 0.190. The number of aryl methyl sites for hydroxylation is 2. The van der Waals surface area contributed by atoms with Crippen molar-refractivity contribution in [2.75, 3.05) is 7.11 Å². The molecule has 28 heavy (non-hydrogen) atoms. The van der Waals surface area contributed by atoms with E-state index in [1.54, 1.807) is 24.3 Å². The molecule has 0 atom stereocenters. The fourth-order valence-corrected chi connectivity index (χ4v) is 2.77. The van der Waals surface area contributed by atoms with Crippen molar-refractivity contribution in [3.8, 4) is 11.5 Å². The topological polar surface area (TPSA) is 88.7 Å². The van der Waals surface area contributed by atoms with Gasteiger partial charge in [0.1, 0.15) is 0 Å². The molecule has 0 radical (unpaired) electrons. The Bertz CT molecular complexity index is 1010. The van der Waals surface area contributed by atoms with Crippen molar-refractivity contribution in [1.29, 1.82) is 0 Å². The summed E-state index contributed by atoms with van der Waals surface area (Å²) in [5.41, 5.74) is 6.83. The van der Waals surface area contributed by atoms with E-state index in [1.165, 1.54) is 19.4 Å². The first kappa shape index (κ1) is 19.2. The summed E-state index contributed by atoms with van der Waals surface area (Å²) in [7, 11) is 1.47. The van der Waals surface area contributed by atoms with Crippen molar-refractivity contribution in [2.45, 2.75) is 20.4 Å². The van der Waals surface area contributed by atoms with E-state index in [2.05, 4.69) is 15.6 Å². The number of phenolic OH excluding ortho intramolecular Hbond substituents is 1. The van der Waals surface area contributed by atoms with E-state index in [0.29, 0.717) is 23.4 Å². The van der Waals surface area contributed by atoms with Gasteiger partial charge in [-0.2, -0.15) is 10.2 Å². The first-order valence-electron chi connectivity index (χ1n) is 8.76. The SMILES string of the molecule is COc1cc(/C=N/NC(=O)c2ccc(Cn3nc(C)cc3C)cc2)ccc1O. The Morgan fingerprint density at radius 3 is 2.61 bits per heavy atom. The first-order chi connectivity index (χ1) is 13.5. The normalized spacial score (nSPS) is 11.0. The molecule has 3 aromatic rings. The molecule has 0 aliphatic carbocycles. The number of hydrazone groups is 1. The average molecular weight is 378 g/mol. The van der Waals surface area contributed by atoms with E-state index >= 15 is 0 Å². The van der Waals surface area contributed by atoms with Gasteiger partial charge in [-0.25, -0.2) is 5.43 Å².